The highest BCUT2D eigenvalue weighted by atomic mass is 16.5. The van der Waals surface area contributed by atoms with Crippen LogP contribution in [-0.4, -0.2) is 37.8 Å². The molecular weight excluding hydrogens is 238 g/mol. The summed E-state index contributed by atoms with van der Waals surface area (Å²) in [5, 5.41) is 3.54. The van der Waals surface area contributed by atoms with Crippen molar-refractivity contribution < 1.29 is 4.74 Å². The second-order valence-corrected chi connectivity index (χ2v) is 5.56. The molecule has 0 bridgehead atoms. The first-order valence-corrected chi connectivity index (χ1v) is 7.18. The maximum atomic E-state index is 5.20. The lowest BCUT2D eigenvalue weighted by Crippen LogP contribution is -2.41. The topological polar surface area (TPSA) is 37.4 Å². The molecule has 0 amide bonds. The van der Waals surface area contributed by atoms with Crippen LogP contribution in [0.25, 0.3) is 0 Å². The van der Waals surface area contributed by atoms with Crippen molar-refractivity contribution in [1.29, 1.82) is 0 Å². The summed E-state index contributed by atoms with van der Waals surface area (Å²) in [6.45, 7) is 7.67. The van der Waals surface area contributed by atoms with Crippen molar-refractivity contribution in [3.05, 3.63) is 18.2 Å². The van der Waals surface area contributed by atoms with Gasteiger partial charge in [-0.3, -0.25) is 0 Å². The summed E-state index contributed by atoms with van der Waals surface area (Å²) in [5.41, 5.74) is 0. The molecule has 1 unspecified atom stereocenters. The molecule has 19 heavy (non-hydrogen) atoms. The SMILES string of the molecule is COc1cccc(N2CCCC(CNC(C)C)C2)n1. The van der Waals surface area contributed by atoms with Gasteiger partial charge in [-0.05, 0) is 31.4 Å². The molecule has 1 saturated heterocycles. The smallest absolute Gasteiger partial charge is 0.214 e. The quantitative estimate of drug-likeness (QED) is 0.884. The fourth-order valence-corrected chi connectivity index (χ4v) is 2.54. The zero-order valence-corrected chi connectivity index (χ0v) is 12.2. The van der Waals surface area contributed by atoms with Crippen molar-refractivity contribution in [1.82, 2.24) is 10.3 Å². The van der Waals surface area contributed by atoms with Crippen LogP contribution in [0.2, 0.25) is 0 Å². The summed E-state index contributed by atoms with van der Waals surface area (Å²) in [5.74, 6) is 2.44. The zero-order valence-electron chi connectivity index (χ0n) is 12.2. The van der Waals surface area contributed by atoms with Gasteiger partial charge in [0, 0.05) is 25.2 Å². The number of hydrogen-bond acceptors (Lipinski definition) is 4. The molecule has 0 saturated carbocycles. The third-order valence-electron chi connectivity index (χ3n) is 3.58. The normalized spacial score (nSPS) is 19.8. The van der Waals surface area contributed by atoms with Gasteiger partial charge < -0.3 is 15.0 Å². The van der Waals surface area contributed by atoms with E-state index in [1.165, 1.54) is 12.8 Å². The van der Waals surface area contributed by atoms with Crippen LogP contribution >= 0.6 is 0 Å². The number of nitrogens with zero attached hydrogens (tertiary/aromatic N) is 2. The van der Waals surface area contributed by atoms with Gasteiger partial charge in [-0.1, -0.05) is 19.9 Å². The van der Waals surface area contributed by atoms with Gasteiger partial charge in [-0.25, -0.2) is 0 Å². The van der Waals surface area contributed by atoms with E-state index in [4.69, 9.17) is 4.74 Å². The first-order chi connectivity index (χ1) is 9.19. The summed E-state index contributed by atoms with van der Waals surface area (Å²) >= 11 is 0. The van der Waals surface area contributed by atoms with Gasteiger partial charge in [0.1, 0.15) is 5.82 Å². The van der Waals surface area contributed by atoms with E-state index in [0.29, 0.717) is 17.8 Å². The van der Waals surface area contributed by atoms with E-state index in [9.17, 15) is 0 Å². The molecule has 1 aliphatic heterocycles. The van der Waals surface area contributed by atoms with Gasteiger partial charge in [-0.2, -0.15) is 4.98 Å². The molecule has 1 aromatic heterocycles. The van der Waals surface area contributed by atoms with Crippen molar-refractivity contribution in [3.8, 4) is 5.88 Å². The molecule has 1 N–H and O–H groups in total. The fraction of sp³-hybridized carbons (Fsp3) is 0.667. The Bertz CT molecular complexity index is 395. The molecule has 0 spiro atoms. The minimum absolute atomic E-state index is 0.560. The molecule has 1 aliphatic rings. The van der Waals surface area contributed by atoms with E-state index in [1.807, 2.05) is 12.1 Å². The van der Waals surface area contributed by atoms with Crippen molar-refractivity contribution >= 4 is 5.82 Å². The van der Waals surface area contributed by atoms with Crippen LogP contribution in [0.1, 0.15) is 26.7 Å². The highest BCUT2D eigenvalue weighted by molar-refractivity contribution is 5.41. The Morgan fingerprint density at radius 1 is 1.47 bits per heavy atom. The van der Waals surface area contributed by atoms with Crippen LogP contribution < -0.4 is 15.0 Å². The van der Waals surface area contributed by atoms with E-state index in [-0.39, 0.29) is 0 Å². The Morgan fingerprint density at radius 2 is 2.32 bits per heavy atom. The average Bonchev–Trinajstić information content (AvgIpc) is 2.45. The molecule has 0 aromatic carbocycles. The summed E-state index contributed by atoms with van der Waals surface area (Å²) in [7, 11) is 1.66. The predicted octanol–water partition coefficient (Wildman–Crippen LogP) is 2.30. The first-order valence-electron chi connectivity index (χ1n) is 7.18. The third-order valence-corrected chi connectivity index (χ3v) is 3.58. The van der Waals surface area contributed by atoms with Crippen LogP contribution in [0, 0.1) is 5.92 Å². The van der Waals surface area contributed by atoms with E-state index in [0.717, 1.165) is 25.5 Å². The van der Waals surface area contributed by atoms with E-state index in [2.05, 4.69) is 35.1 Å². The average molecular weight is 263 g/mol. The number of nitrogens with one attached hydrogen (secondary N) is 1. The maximum Gasteiger partial charge on any atom is 0.214 e. The van der Waals surface area contributed by atoms with E-state index in [1.54, 1.807) is 7.11 Å². The van der Waals surface area contributed by atoms with Crippen molar-refractivity contribution in [2.45, 2.75) is 32.7 Å². The summed E-state index contributed by atoms with van der Waals surface area (Å²) in [6.07, 6.45) is 2.55. The Morgan fingerprint density at radius 3 is 3.05 bits per heavy atom. The van der Waals surface area contributed by atoms with Crippen LogP contribution in [0.5, 0.6) is 5.88 Å². The number of ether oxygens (including phenoxy) is 1. The van der Waals surface area contributed by atoms with E-state index >= 15 is 0 Å². The lowest BCUT2D eigenvalue weighted by atomic mass is 9.97. The largest absolute Gasteiger partial charge is 0.481 e. The molecular formula is C15H25N3O. The van der Waals surface area contributed by atoms with Gasteiger partial charge >= 0.3 is 0 Å². The molecule has 106 valence electrons. The first kappa shape index (κ1) is 14.1. The minimum atomic E-state index is 0.560. The Hall–Kier alpha value is -1.29. The van der Waals surface area contributed by atoms with Crippen molar-refractivity contribution in [2.75, 3.05) is 31.6 Å². The maximum absolute atomic E-state index is 5.20. The second-order valence-electron chi connectivity index (χ2n) is 5.56. The highest BCUT2D eigenvalue weighted by Gasteiger charge is 2.21. The molecule has 2 rings (SSSR count). The van der Waals surface area contributed by atoms with Gasteiger partial charge in [0.15, 0.2) is 0 Å². The monoisotopic (exact) mass is 263 g/mol. The number of piperidine rings is 1. The van der Waals surface area contributed by atoms with Crippen LogP contribution in [-0.2, 0) is 0 Å². The highest BCUT2D eigenvalue weighted by Crippen LogP contribution is 2.22. The fourth-order valence-electron chi connectivity index (χ4n) is 2.54. The lowest BCUT2D eigenvalue weighted by Gasteiger charge is -2.34. The molecule has 4 heteroatoms. The van der Waals surface area contributed by atoms with Gasteiger partial charge in [0.2, 0.25) is 5.88 Å². The molecule has 1 aromatic rings. The number of rotatable bonds is 5. The summed E-state index contributed by atoms with van der Waals surface area (Å²) in [6, 6.07) is 6.54. The van der Waals surface area contributed by atoms with Crippen molar-refractivity contribution in [2.24, 2.45) is 5.92 Å². The molecule has 2 heterocycles. The number of anilines is 1. The van der Waals surface area contributed by atoms with Gasteiger partial charge in [0.25, 0.3) is 0 Å². The third kappa shape index (κ3) is 4.10. The van der Waals surface area contributed by atoms with E-state index < -0.39 is 0 Å². The van der Waals surface area contributed by atoms with Crippen LogP contribution in [0.15, 0.2) is 18.2 Å². The molecule has 1 atom stereocenters. The zero-order chi connectivity index (χ0) is 13.7. The van der Waals surface area contributed by atoms with Crippen molar-refractivity contribution in [3.63, 3.8) is 0 Å². The predicted molar refractivity (Wildman–Crippen MR) is 78.9 cm³/mol. The van der Waals surface area contributed by atoms with Crippen LogP contribution in [0.3, 0.4) is 0 Å². The molecule has 0 aliphatic carbocycles. The number of methoxy groups -OCH3 is 1. The number of aromatic nitrogens is 1. The number of hydrogen-bond donors (Lipinski definition) is 1. The number of pyridine rings is 1. The van der Waals surface area contributed by atoms with Crippen LogP contribution in [0.4, 0.5) is 5.82 Å². The molecule has 4 nitrogen and oxygen atoms in total. The summed E-state index contributed by atoms with van der Waals surface area (Å²) in [4.78, 5) is 6.90. The Kier molecular flexibility index (Phi) is 5.02. The second kappa shape index (κ2) is 6.75. The summed E-state index contributed by atoms with van der Waals surface area (Å²) < 4.78 is 5.20. The Balaban J connectivity index is 1.96. The molecule has 0 radical (unpaired) electrons. The Labute approximate surface area is 116 Å². The van der Waals surface area contributed by atoms with Gasteiger partial charge in [0.05, 0.1) is 7.11 Å². The van der Waals surface area contributed by atoms with Gasteiger partial charge in [-0.15, -0.1) is 0 Å². The minimum Gasteiger partial charge on any atom is -0.481 e. The lowest BCUT2D eigenvalue weighted by molar-refractivity contribution is 0.374. The standard InChI is InChI=1S/C15H25N3O/c1-12(2)16-10-13-6-5-9-18(11-13)14-7-4-8-15(17-14)19-3/h4,7-8,12-13,16H,5-6,9-11H2,1-3H3. The molecule has 1 fully saturated rings.